The van der Waals surface area contributed by atoms with Crippen LogP contribution in [0.15, 0.2) is 59.8 Å². The number of sulfone groups is 1. The van der Waals surface area contributed by atoms with Crippen LogP contribution in [0.25, 0.3) is 33.3 Å². The number of pyridine rings is 2. The van der Waals surface area contributed by atoms with Crippen LogP contribution in [0.1, 0.15) is 50.1 Å². The van der Waals surface area contributed by atoms with Crippen LogP contribution < -0.4 is 14.8 Å². The van der Waals surface area contributed by atoms with Crippen LogP contribution in [0.3, 0.4) is 0 Å². The van der Waals surface area contributed by atoms with Gasteiger partial charge in [-0.3, -0.25) is 5.32 Å². The summed E-state index contributed by atoms with van der Waals surface area (Å²) in [6.07, 6.45) is 4.35. The Morgan fingerprint density at radius 2 is 1.77 bits per heavy atom. The molecule has 1 atom stereocenters. The number of ether oxygens (including phenoxy) is 3. The number of aromatic amines is 1. The number of likely N-dealkylation sites (tertiary alicyclic amines) is 1. The Kier molecular flexibility index (Phi) is 8.86. The average Bonchev–Trinajstić information content (AvgIpc) is 3.63. The molecule has 2 N–H and O–H groups in total. The zero-order chi connectivity index (χ0) is 34.4. The predicted molar refractivity (Wildman–Crippen MR) is 184 cm³/mol. The van der Waals surface area contributed by atoms with Gasteiger partial charge in [0.2, 0.25) is 0 Å². The summed E-state index contributed by atoms with van der Waals surface area (Å²) in [4.78, 5) is 27.3. The maximum absolute atomic E-state index is 14.5. The standard InChI is InChI=1S/C35H42N6O6S/c1-21-8-10-23(11-9-21)48(43,44)33(37-22-13-16-41(17-14-22)34(42)47-35(2,3)4)24-12-15-36-31-25(24)18-27(38-31)26-20-40(5)28-19-29(45-6)32(46-7)39-30(26)28/h8-12,15,18-20,22,33,37H,13-14,16-17H2,1-7H3,(H,36,38). The number of H-pyrrole nitrogens is 1. The van der Waals surface area contributed by atoms with Crippen molar-refractivity contribution < 1.29 is 27.4 Å². The van der Waals surface area contributed by atoms with E-state index in [9.17, 15) is 13.2 Å². The number of methoxy groups -OCH3 is 2. The number of carbonyl (C=O) groups is 1. The number of rotatable bonds is 8. The van der Waals surface area contributed by atoms with Crippen molar-refractivity contribution in [1.82, 2.24) is 29.7 Å². The minimum atomic E-state index is -3.92. The van der Waals surface area contributed by atoms with Gasteiger partial charge in [-0.2, -0.15) is 0 Å². The summed E-state index contributed by atoms with van der Waals surface area (Å²) in [5.74, 6) is 0.879. The number of amides is 1. The van der Waals surface area contributed by atoms with Crippen molar-refractivity contribution in [2.24, 2.45) is 7.05 Å². The van der Waals surface area contributed by atoms with Gasteiger partial charge < -0.3 is 28.7 Å². The van der Waals surface area contributed by atoms with E-state index in [-0.39, 0.29) is 17.0 Å². The highest BCUT2D eigenvalue weighted by atomic mass is 32.2. The SMILES string of the molecule is COc1cc2c(nc1OC)c(-c1cc3c(C(NC4CCN(C(=O)OC(C)(C)C)CC4)S(=O)(=O)c4ccc(C)cc4)ccnc3[nH]1)cn2C. The topological polar surface area (TPSA) is 141 Å². The quantitative estimate of drug-likeness (QED) is 0.206. The summed E-state index contributed by atoms with van der Waals surface area (Å²) in [5.41, 5.74) is 4.56. The lowest BCUT2D eigenvalue weighted by molar-refractivity contribution is 0.0197. The van der Waals surface area contributed by atoms with Crippen molar-refractivity contribution in [3.8, 4) is 22.9 Å². The van der Waals surface area contributed by atoms with E-state index in [1.54, 1.807) is 55.6 Å². The summed E-state index contributed by atoms with van der Waals surface area (Å²) >= 11 is 0. The first-order valence-electron chi connectivity index (χ1n) is 15.9. The van der Waals surface area contributed by atoms with Gasteiger partial charge in [-0.15, -0.1) is 0 Å². The van der Waals surface area contributed by atoms with Crippen molar-refractivity contribution in [2.45, 2.75) is 62.4 Å². The van der Waals surface area contributed by atoms with Gasteiger partial charge in [0.25, 0.3) is 5.88 Å². The minimum absolute atomic E-state index is 0.166. The van der Waals surface area contributed by atoms with Gasteiger partial charge in [-0.05, 0) is 70.4 Å². The Morgan fingerprint density at radius 1 is 1.06 bits per heavy atom. The smallest absolute Gasteiger partial charge is 0.410 e. The fourth-order valence-corrected chi connectivity index (χ4v) is 7.85. The lowest BCUT2D eigenvalue weighted by Gasteiger charge is -2.35. The highest BCUT2D eigenvalue weighted by Crippen LogP contribution is 2.38. The van der Waals surface area contributed by atoms with Crippen molar-refractivity contribution in [2.75, 3.05) is 27.3 Å². The molecule has 5 aromatic rings. The van der Waals surface area contributed by atoms with Crippen molar-refractivity contribution in [3.63, 3.8) is 0 Å². The van der Waals surface area contributed by atoms with Crippen LogP contribution in [0.5, 0.6) is 11.6 Å². The third-order valence-electron chi connectivity index (χ3n) is 8.64. The van der Waals surface area contributed by atoms with E-state index in [2.05, 4.69) is 15.3 Å². The van der Waals surface area contributed by atoms with Gasteiger partial charge in [0.1, 0.15) is 22.1 Å². The van der Waals surface area contributed by atoms with Crippen LogP contribution in [0, 0.1) is 6.92 Å². The van der Waals surface area contributed by atoms with E-state index < -0.39 is 20.8 Å². The number of benzene rings is 1. The summed E-state index contributed by atoms with van der Waals surface area (Å²) < 4.78 is 47.4. The number of carbonyl (C=O) groups excluding carboxylic acids is 1. The lowest BCUT2D eigenvalue weighted by atomic mass is 10.0. The molecule has 5 heterocycles. The second-order valence-corrected chi connectivity index (χ2v) is 15.2. The van der Waals surface area contributed by atoms with Crippen LogP contribution >= 0.6 is 0 Å². The van der Waals surface area contributed by atoms with Crippen LogP contribution in [0.4, 0.5) is 4.79 Å². The minimum Gasteiger partial charge on any atom is -0.491 e. The number of aromatic nitrogens is 4. The maximum Gasteiger partial charge on any atom is 0.410 e. The van der Waals surface area contributed by atoms with E-state index in [4.69, 9.17) is 19.2 Å². The molecule has 13 heteroatoms. The monoisotopic (exact) mass is 674 g/mol. The Hall–Kier alpha value is -4.62. The molecule has 12 nitrogen and oxygen atoms in total. The molecule has 0 aliphatic carbocycles. The average molecular weight is 675 g/mol. The molecule has 1 aromatic carbocycles. The fraction of sp³-hybridized carbons (Fsp3) is 0.400. The molecule has 1 fully saturated rings. The molecule has 1 saturated heterocycles. The maximum atomic E-state index is 14.5. The first kappa shape index (κ1) is 33.3. The molecule has 0 radical (unpaired) electrons. The van der Waals surface area contributed by atoms with Gasteiger partial charge in [0, 0.05) is 55.6 Å². The van der Waals surface area contributed by atoms with Gasteiger partial charge in [0.15, 0.2) is 15.6 Å². The summed E-state index contributed by atoms with van der Waals surface area (Å²) in [5, 5.41) is 3.07. The molecule has 1 unspecified atom stereocenters. The normalized spacial score (nSPS) is 15.2. The number of fused-ring (bicyclic) bond motifs is 2. The highest BCUT2D eigenvalue weighted by molar-refractivity contribution is 7.91. The molecule has 4 aromatic heterocycles. The molecule has 0 spiro atoms. The summed E-state index contributed by atoms with van der Waals surface area (Å²) in [7, 11) is 1.11. The first-order chi connectivity index (χ1) is 22.8. The second-order valence-electron chi connectivity index (χ2n) is 13.2. The number of hydrogen-bond donors (Lipinski definition) is 2. The second kappa shape index (κ2) is 12.8. The molecule has 254 valence electrons. The zero-order valence-electron chi connectivity index (χ0n) is 28.3. The summed E-state index contributed by atoms with van der Waals surface area (Å²) in [6, 6.07) is 12.3. The van der Waals surface area contributed by atoms with Crippen LogP contribution in [0.2, 0.25) is 0 Å². The Labute approximate surface area is 280 Å². The Morgan fingerprint density at radius 3 is 2.42 bits per heavy atom. The zero-order valence-corrected chi connectivity index (χ0v) is 29.1. The predicted octanol–water partition coefficient (Wildman–Crippen LogP) is 5.90. The lowest BCUT2D eigenvalue weighted by Crippen LogP contribution is -2.48. The molecule has 1 aliphatic rings. The molecule has 0 saturated carbocycles. The molecule has 6 rings (SSSR count). The van der Waals surface area contributed by atoms with E-state index in [0.717, 1.165) is 22.3 Å². The van der Waals surface area contributed by atoms with E-state index in [1.807, 2.05) is 57.6 Å². The molecule has 1 amide bonds. The first-order valence-corrected chi connectivity index (χ1v) is 17.4. The van der Waals surface area contributed by atoms with Crippen molar-refractivity contribution in [1.29, 1.82) is 0 Å². The Bertz CT molecular complexity index is 2070. The number of hydrogen-bond acceptors (Lipinski definition) is 9. The number of aryl methyl sites for hydroxylation is 2. The van der Waals surface area contributed by atoms with Gasteiger partial charge in [0.05, 0.1) is 30.3 Å². The highest BCUT2D eigenvalue weighted by Gasteiger charge is 2.35. The van der Waals surface area contributed by atoms with Crippen LogP contribution in [-0.4, -0.2) is 77.9 Å². The molecule has 0 bridgehead atoms. The number of nitrogens with one attached hydrogen (secondary N) is 2. The number of nitrogens with zero attached hydrogens (tertiary/aromatic N) is 4. The van der Waals surface area contributed by atoms with E-state index >= 15 is 0 Å². The van der Waals surface area contributed by atoms with Gasteiger partial charge in [-0.25, -0.2) is 23.2 Å². The van der Waals surface area contributed by atoms with Gasteiger partial charge in [-0.1, -0.05) is 17.7 Å². The van der Waals surface area contributed by atoms with Crippen molar-refractivity contribution in [3.05, 3.63) is 66.0 Å². The Balaban J connectivity index is 1.39. The fourth-order valence-electron chi connectivity index (χ4n) is 6.15. The summed E-state index contributed by atoms with van der Waals surface area (Å²) in [6.45, 7) is 8.34. The van der Waals surface area contributed by atoms with Crippen LogP contribution in [-0.2, 0) is 21.6 Å². The largest absolute Gasteiger partial charge is 0.491 e. The van der Waals surface area contributed by atoms with Crippen molar-refractivity contribution >= 4 is 38.0 Å². The molecular weight excluding hydrogens is 632 g/mol. The third-order valence-corrected chi connectivity index (χ3v) is 10.6. The van der Waals surface area contributed by atoms with E-state index in [1.165, 1.54) is 0 Å². The van der Waals surface area contributed by atoms with Gasteiger partial charge >= 0.3 is 6.09 Å². The number of piperidine rings is 1. The third kappa shape index (κ3) is 6.44. The molecular formula is C35H42N6O6S. The molecule has 48 heavy (non-hydrogen) atoms. The molecule has 1 aliphatic heterocycles. The van der Waals surface area contributed by atoms with E-state index in [0.29, 0.717) is 59.7 Å².